The first-order chi connectivity index (χ1) is 20.0. The zero-order valence-electron chi connectivity index (χ0n) is 23.8. The summed E-state index contributed by atoms with van der Waals surface area (Å²) in [5, 5.41) is 23.4. The van der Waals surface area contributed by atoms with Crippen LogP contribution in [-0.2, 0) is 13.1 Å². The van der Waals surface area contributed by atoms with Gasteiger partial charge in [-0.1, -0.05) is 12.1 Å². The van der Waals surface area contributed by atoms with E-state index in [1.54, 1.807) is 18.4 Å². The molecule has 3 N–H and O–H groups in total. The molecule has 0 spiro atoms. The standard InChI is InChI=1S/C31H34FN5O5/c1-31(2,41)19-37-26-13-20(17-36-11-9-35(3)10-12-36)7-8-25(26)33-30(37)34-29(40)21-14-22(32)16-23(15-21)42-28-6-4-5-27(39)24(28)18-38/h4-8,13-16,18,39,41H,9-12,17,19H2,1-3H3,(H,33,34,40). The summed E-state index contributed by atoms with van der Waals surface area (Å²) in [6.07, 6.45) is 0.432. The highest BCUT2D eigenvalue weighted by Gasteiger charge is 2.22. The number of imidazole rings is 1. The first-order valence-electron chi connectivity index (χ1n) is 13.7. The number of piperazine rings is 1. The molecule has 10 nitrogen and oxygen atoms in total. The zero-order valence-corrected chi connectivity index (χ0v) is 23.8. The lowest BCUT2D eigenvalue weighted by Gasteiger charge is -2.32. The fourth-order valence-electron chi connectivity index (χ4n) is 4.97. The minimum Gasteiger partial charge on any atom is -0.507 e. The lowest BCUT2D eigenvalue weighted by molar-refractivity contribution is 0.0630. The van der Waals surface area contributed by atoms with Crippen LogP contribution in [0.2, 0.25) is 0 Å². The van der Waals surface area contributed by atoms with Crippen LogP contribution in [0.1, 0.15) is 40.1 Å². The van der Waals surface area contributed by atoms with Gasteiger partial charge in [-0.15, -0.1) is 0 Å². The van der Waals surface area contributed by atoms with Gasteiger partial charge in [-0.3, -0.25) is 19.8 Å². The Hall–Kier alpha value is -4.32. The first-order valence-corrected chi connectivity index (χ1v) is 13.7. The van der Waals surface area contributed by atoms with Crippen molar-refractivity contribution >= 4 is 29.2 Å². The van der Waals surface area contributed by atoms with Crippen molar-refractivity contribution in [2.24, 2.45) is 0 Å². The quantitative estimate of drug-likeness (QED) is 0.253. The summed E-state index contributed by atoms with van der Waals surface area (Å²) in [6.45, 7) is 8.23. The molecular formula is C31H34FN5O5. The molecule has 0 atom stereocenters. The SMILES string of the molecule is CN1CCN(Cc2ccc3nc(NC(=O)c4cc(F)cc(Oc5cccc(O)c5C=O)c4)n(CC(C)(C)O)c3c2)CC1. The summed E-state index contributed by atoms with van der Waals surface area (Å²) < 4.78 is 22.0. The molecule has 0 radical (unpaired) electrons. The van der Waals surface area contributed by atoms with Crippen LogP contribution in [0.5, 0.6) is 17.2 Å². The first kappa shape index (κ1) is 29.2. The van der Waals surface area contributed by atoms with Gasteiger partial charge < -0.3 is 24.4 Å². The predicted molar refractivity (Wildman–Crippen MR) is 157 cm³/mol. The Morgan fingerprint density at radius 3 is 2.60 bits per heavy atom. The molecule has 1 aromatic heterocycles. The minimum atomic E-state index is -1.11. The average Bonchev–Trinajstić information content (AvgIpc) is 3.24. The summed E-state index contributed by atoms with van der Waals surface area (Å²) >= 11 is 0. The van der Waals surface area contributed by atoms with Crippen molar-refractivity contribution in [1.29, 1.82) is 0 Å². The van der Waals surface area contributed by atoms with Crippen LogP contribution >= 0.6 is 0 Å². The fourth-order valence-corrected chi connectivity index (χ4v) is 4.97. The second-order valence-corrected chi connectivity index (χ2v) is 11.3. The van der Waals surface area contributed by atoms with Gasteiger partial charge in [0.1, 0.15) is 23.1 Å². The molecule has 220 valence electrons. The number of phenolic OH excluding ortho intramolecular Hbond substituents is 1. The molecule has 2 heterocycles. The van der Waals surface area contributed by atoms with Gasteiger partial charge in [-0.25, -0.2) is 9.37 Å². The normalized spacial score (nSPS) is 14.7. The number of ether oxygens (including phenoxy) is 1. The Morgan fingerprint density at radius 2 is 1.88 bits per heavy atom. The molecule has 11 heteroatoms. The number of carbonyl (C=O) groups is 2. The molecule has 1 amide bonds. The molecule has 5 rings (SSSR count). The molecule has 4 aromatic rings. The summed E-state index contributed by atoms with van der Waals surface area (Å²) in [5.74, 6) is -1.47. The van der Waals surface area contributed by atoms with E-state index in [0.717, 1.165) is 55.9 Å². The maximum atomic E-state index is 14.6. The average molecular weight is 576 g/mol. The monoisotopic (exact) mass is 575 g/mol. The largest absolute Gasteiger partial charge is 0.507 e. The second-order valence-electron chi connectivity index (χ2n) is 11.3. The lowest BCUT2D eigenvalue weighted by Crippen LogP contribution is -2.43. The van der Waals surface area contributed by atoms with Gasteiger partial charge in [0.25, 0.3) is 5.91 Å². The summed E-state index contributed by atoms with van der Waals surface area (Å²) in [5.41, 5.74) is 1.24. The number of halogens is 1. The van der Waals surface area contributed by atoms with Crippen molar-refractivity contribution in [2.75, 3.05) is 38.5 Å². The molecule has 0 aliphatic carbocycles. The Morgan fingerprint density at radius 1 is 1.12 bits per heavy atom. The molecule has 42 heavy (non-hydrogen) atoms. The van der Waals surface area contributed by atoms with Crippen LogP contribution in [0.3, 0.4) is 0 Å². The maximum Gasteiger partial charge on any atom is 0.258 e. The van der Waals surface area contributed by atoms with Crippen molar-refractivity contribution in [1.82, 2.24) is 19.4 Å². The summed E-state index contributed by atoms with van der Waals surface area (Å²) in [7, 11) is 2.12. The highest BCUT2D eigenvalue weighted by atomic mass is 19.1. The topological polar surface area (TPSA) is 120 Å². The third kappa shape index (κ3) is 6.76. The number of aromatic hydroxyl groups is 1. The van der Waals surface area contributed by atoms with Crippen molar-refractivity contribution in [2.45, 2.75) is 32.5 Å². The second kappa shape index (κ2) is 11.9. The number of aldehydes is 1. The number of fused-ring (bicyclic) bond motifs is 1. The molecule has 0 bridgehead atoms. The molecule has 0 unspecified atom stereocenters. The Kier molecular flexibility index (Phi) is 8.26. The van der Waals surface area contributed by atoms with Crippen LogP contribution < -0.4 is 10.1 Å². The van der Waals surface area contributed by atoms with Crippen LogP contribution in [0.15, 0.2) is 54.6 Å². The van der Waals surface area contributed by atoms with E-state index in [9.17, 15) is 24.2 Å². The summed E-state index contributed by atoms with van der Waals surface area (Å²) in [6, 6.07) is 13.6. The molecular weight excluding hydrogens is 541 g/mol. The highest BCUT2D eigenvalue weighted by molar-refractivity contribution is 6.04. The number of nitrogens with one attached hydrogen (secondary N) is 1. The van der Waals surface area contributed by atoms with Gasteiger partial charge in [0.2, 0.25) is 5.95 Å². The van der Waals surface area contributed by atoms with Crippen molar-refractivity contribution in [3.63, 3.8) is 0 Å². The van der Waals surface area contributed by atoms with E-state index in [4.69, 9.17) is 4.74 Å². The van der Waals surface area contributed by atoms with E-state index in [-0.39, 0.29) is 40.9 Å². The van der Waals surface area contributed by atoms with Crippen LogP contribution in [0.25, 0.3) is 11.0 Å². The van der Waals surface area contributed by atoms with E-state index >= 15 is 0 Å². The van der Waals surface area contributed by atoms with E-state index in [2.05, 4.69) is 27.1 Å². The number of anilines is 1. The third-order valence-corrected chi connectivity index (χ3v) is 7.11. The third-order valence-electron chi connectivity index (χ3n) is 7.11. The van der Waals surface area contributed by atoms with Crippen LogP contribution in [-0.4, -0.2) is 80.6 Å². The molecule has 1 fully saturated rings. The van der Waals surface area contributed by atoms with E-state index in [1.807, 2.05) is 18.2 Å². The molecule has 1 aliphatic rings. The number of carbonyl (C=O) groups excluding carboxylic acids is 2. The highest BCUT2D eigenvalue weighted by Crippen LogP contribution is 2.31. The van der Waals surface area contributed by atoms with Gasteiger partial charge in [0, 0.05) is 44.4 Å². The van der Waals surface area contributed by atoms with E-state index in [0.29, 0.717) is 11.8 Å². The number of phenols is 1. The number of rotatable bonds is 9. The number of aliphatic hydroxyl groups is 1. The molecule has 1 saturated heterocycles. The lowest BCUT2D eigenvalue weighted by atomic mass is 10.1. The Labute approximate surface area is 242 Å². The van der Waals surface area contributed by atoms with Gasteiger partial charge in [-0.2, -0.15) is 0 Å². The number of nitrogens with zero attached hydrogens (tertiary/aromatic N) is 4. The fraction of sp³-hybridized carbons (Fsp3) is 0.323. The van der Waals surface area contributed by atoms with Crippen molar-refractivity contribution in [3.05, 3.63) is 77.1 Å². The number of likely N-dealkylation sites (N-methyl/N-ethyl adjacent to an activating group) is 1. The van der Waals surface area contributed by atoms with Crippen LogP contribution in [0, 0.1) is 5.82 Å². The van der Waals surface area contributed by atoms with Crippen molar-refractivity contribution < 1.29 is 28.9 Å². The van der Waals surface area contributed by atoms with E-state index in [1.165, 1.54) is 24.3 Å². The van der Waals surface area contributed by atoms with Gasteiger partial charge in [0.15, 0.2) is 6.29 Å². The summed E-state index contributed by atoms with van der Waals surface area (Å²) in [4.78, 5) is 34.1. The number of benzene rings is 3. The Balaban J connectivity index is 1.42. The number of hydrogen-bond donors (Lipinski definition) is 3. The molecule has 0 saturated carbocycles. The molecule has 3 aromatic carbocycles. The minimum absolute atomic E-state index is 0.0151. The zero-order chi connectivity index (χ0) is 30.0. The van der Waals surface area contributed by atoms with Crippen LogP contribution in [0.4, 0.5) is 10.3 Å². The number of amides is 1. The van der Waals surface area contributed by atoms with Crippen molar-refractivity contribution in [3.8, 4) is 17.2 Å². The van der Waals surface area contributed by atoms with Gasteiger partial charge in [0.05, 0.1) is 28.7 Å². The van der Waals surface area contributed by atoms with E-state index < -0.39 is 17.3 Å². The predicted octanol–water partition coefficient (Wildman–Crippen LogP) is 4.26. The Bertz CT molecular complexity index is 1620. The number of aromatic nitrogens is 2. The smallest absolute Gasteiger partial charge is 0.258 e. The maximum absolute atomic E-state index is 14.6. The number of hydrogen-bond acceptors (Lipinski definition) is 8. The van der Waals surface area contributed by atoms with Gasteiger partial charge in [-0.05, 0) is 62.9 Å². The molecule has 1 aliphatic heterocycles. The van der Waals surface area contributed by atoms with Gasteiger partial charge >= 0.3 is 0 Å².